The average molecular weight is 448 g/mol. The molecule has 1 amide bonds. The van der Waals surface area contributed by atoms with Gasteiger partial charge in [-0.15, -0.1) is 0 Å². The predicted molar refractivity (Wildman–Crippen MR) is 117 cm³/mol. The van der Waals surface area contributed by atoms with Crippen molar-refractivity contribution >= 4 is 17.8 Å². The van der Waals surface area contributed by atoms with Gasteiger partial charge in [0.15, 0.2) is 11.5 Å². The number of nitriles is 1. The third-order valence-electron chi connectivity index (χ3n) is 4.45. The fourth-order valence-corrected chi connectivity index (χ4v) is 2.75. The Morgan fingerprint density at radius 2 is 1.94 bits per heavy atom. The van der Waals surface area contributed by atoms with Crippen LogP contribution in [-0.4, -0.2) is 24.2 Å². The second-order valence-corrected chi connectivity index (χ2v) is 6.63. The van der Waals surface area contributed by atoms with E-state index in [2.05, 4.69) is 10.5 Å². The molecule has 0 heterocycles. The number of carbonyl (C=O) groups excluding carboxylic acids is 1. The van der Waals surface area contributed by atoms with Crippen LogP contribution in [-0.2, 0) is 6.61 Å². The fourth-order valence-electron chi connectivity index (χ4n) is 2.75. The van der Waals surface area contributed by atoms with Crippen molar-refractivity contribution in [2.45, 2.75) is 6.61 Å². The lowest BCUT2D eigenvalue weighted by atomic mass is 10.1. The Hall–Kier alpha value is -4.78. The highest BCUT2D eigenvalue weighted by Crippen LogP contribution is 2.28. The number of hydrazone groups is 1. The van der Waals surface area contributed by atoms with E-state index in [4.69, 9.17) is 14.7 Å². The van der Waals surface area contributed by atoms with Gasteiger partial charge in [0.1, 0.15) is 12.4 Å². The first-order valence-corrected chi connectivity index (χ1v) is 9.48. The van der Waals surface area contributed by atoms with Crippen molar-refractivity contribution < 1.29 is 23.6 Å². The van der Waals surface area contributed by atoms with E-state index in [1.807, 2.05) is 0 Å². The molecule has 0 atom stereocenters. The first-order valence-electron chi connectivity index (χ1n) is 9.48. The van der Waals surface area contributed by atoms with Crippen LogP contribution in [0.3, 0.4) is 0 Å². The first kappa shape index (κ1) is 22.9. The van der Waals surface area contributed by atoms with Gasteiger partial charge in [-0.05, 0) is 59.7 Å². The number of non-ortho nitro benzene ring substituents is 1. The van der Waals surface area contributed by atoms with Crippen molar-refractivity contribution in [3.63, 3.8) is 0 Å². The van der Waals surface area contributed by atoms with Gasteiger partial charge in [-0.25, -0.2) is 9.82 Å². The van der Waals surface area contributed by atoms with E-state index in [1.54, 1.807) is 36.4 Å². The number of nitro benzene ring substituents is 1. The summed E-state index contributed by atoms with van der Waals surface area (Å²) in [6.07, 6.45) is 1.35. The highest BCUT2D eigenvalue weighted by Gasteiger charge is 2.12. The third kappa shape index (κ3) is 5.89. The van der Waals surface area contributed by atoms with Gasteiger partial charge < -0.3 is 9.47 Å². The Bertz CT molecular complexity index is 1250. The van der Waals surface area contributed by atoms with Gasteiger partial charge in [-0.1, -0.05) is 0 Å². The molecule has 0 radical (unpaired) electrons. The molecular formula is C23H17FN4O5. The van der Waals surface area contributed by atoms with E-state index < -0.39 is 16.6 Å². The summed E-state index contributed by atoms with van der Waals surface area (Å²) in [6, 6.07) is 16.2. The lowest BCUT2D eigenvalue weighted by Gasteiger charge is -2.11. The van der Waals surface area contributed by atoms with Crippen LogP contribution >= 0.6 is 0 Å². The first-order chi connectivity index (χ1) is 15.9. The van der Waals surface area contributed by atoms with Crippen LogP contribution in [0.15, 0.2) is 65.8 Å². The van der Waals surface area contributed by atoms with Crippen molar-refractivity contribution in [3.05, 3.63) is 98.8 Å². The standard InChI is InChI=1S/C23H17FN4O5/c1-32-22-11-17(13-26-27-23(29)19-8-4-16(12-25)10-20(19)24)5-9-21(22)33-14-15-2-6-18(7-3-15)28(30)31/h2-11,13H,14H2,1H3,(H,27,29)/b26-13-. The van der Waals surface area contributed by atoms with Crippen LogP contribution in [0.2, 0.25) is 0 Å². The largest absolute Gasteiger partial charge is 0.493 e. The maximum atomic E-state index is 13.9. The SMILES string of the molecule is COc1cc(/C=N\NC(=O)c2ccc(C#N)cc2F)ccc1OCc1ccc([N+](=O)[O-])cc1. The minimum absolute atomic E-state index is 0.00557. The summed E-state index contributed by atoms with van der Waals surface area (Å²) in [5, 5.41) is 23.3. The minimum atomic E-state index is -0.821. The molecule has 1 N–H and O–H groups in total. The molecule has 0 saturated heterocycles. The Balaban J connectivity index is 1.63. The second kappa shape index (κ2) is 10.5. The van der Waals surface area contributed by atoms with Crippen molar-refractivity contribution in [3.8, 4) is 17.6 Å². The molecule has 10 heteroatoms. The van der Waals surface area contributed by atoms with Gasteiger partial charge in [0.2, 0.25) is 0 Å². The highest BCUT2D eigenvalue weighted by atomic mass is 19.1. The molecule has 166 valence electrons. The normalized spacial score (nSPS) is 10.5. The summed E-state index contributed by atoms with van der Waals surface area (Å²) < 4.78 is 25.0. The molecule has 0 bridgehead atoms. The van der Waals surface area contributed by atoms with Gasteiger partial charge >= 0.3 is 0 Å². The van der Waals surface area contributed by atoms with Crippen molar-refractivity contribution in [1.82, 2.24) is 5.43 Å². The fraction of sp³-hybridized carbons (Fsp3) is 0.0870. The Morgan fingerprint density at radius 3 is 2.58 bits per heavy atom. The number of rotatable bonds is 8. The molecule has 3 rings (SSSR count). The lowest BCUT2D eigenvalue weighted by molar-refractivity contribution is -0.384. The third-order valence-corrected chi connectivity index (χ3v) is 4.45. The van der Waals surface area contributed by atoms with E-state index >= 15 is 0 Å². The number of hydrogen-bond donors (Lipinski definition) is 1. The molecule has 3 aromatic carbocycles. The molecule has 33 heavy (non-hydrogen) atoms. The van der Waals surface area contributed by atoms with Crippen LogP contribution in [0.25, 0.3) is 0 Å². The Labute approximate surface area is 187 Å². The van der Waals surface area contributed by atoms with Crippen molar-refractivity contribution in [1.29, 1.82) is 5.26 Å². The monoisotopic (exact) mass is 448 g/mol. The number of methoxy groups -OCH3 is 1. The van der Waals surface area contributed by atoms with E-state index in [9.17, 15) is 19.3 Å². The number of amides is 1. The summed E-state index contributed by atoms with van der Waals surface area (Å²) in [5.41, 5.74) is 3.41. The quantitative estimate of drug-likeness (QED) is 0.316. The Kier molecular flexibility index (Phi) is 7.28. The van der Waals surface area contributed by atoms with E-state index in [0.717, 1.165) is 11.6 Å². The van der Waals surface area contributed by atoms with Crippen LogP contribution in [0.4, 0.5) is 10.1 Å². The topological polar surface area (TPSA) is 127 Å². The predicted octanol–water partition coefficient (Wildman–Crippen LogP) is 3.96. The number of carbonyl (C=O) groups is 1. The molecular weight excluding hydrogens is 431 g/mol. The second-order valence-electron chi connectivity index (χ2n) is 6.63. The number of nitro groups is 1. The molecule has 0 spiro atoms. The van der Waals surface area contributed by atoms with Crippen molar-refractivity contribution in [2.24, 2.45) is 5.10 Å². The molecule has 9 nitrogen and oxygen atoms in total. The summed E-state index contributed by atoms with van der Waals surface area (Å²) in [4.78, 5) is 22.3. The van der Waals surface area contributed by atoms with Crippen LogP contribution in [0, 0.1) is 27.3 Å². The van der Waals surface area contributed by atoms with Gasteiger partial charge in [0, 0.05) is 12.1 Å². The van der Waals surface area contributed by atoms with Gasteiger partial charge in [0.25, 0.3) is 11.6 Å². The summed E-state index contributed by atoms with van der Waals surface area (Å²) in [5.74, 6) is -0.733. The van der Waals surface area contributed by atoms with Crippen LogP contribution in [0.1, 0.15) is 27.0 Å². The molecule has 0 saturated carbocycles. The molecule has 0 fully saturated rings. The summed E-state index contributed by atoms with van der Waals surface area (Å²) in [7, 11) is 1.46. The molecule has 0 aliphatic heterocycles. The van der Waals surface area contributed by atoms with Gasteiger partial charge in [0.05, 0.1) is 35.4 Å². The molecule has 0 aromatic heterocycles. The van der Waals surface area contributed by atoms with E-state index in [1.165, 1.54) is 37.6 Å². The molecule has 0 aliphatic carbocycles. The van der Waals surface area contributed by atoms with E-state index in [-0.39, 0.29) is 23.4 Å². The summed E-state index contributed by atoms with van der Waals surface area (Å²) >= 11 is 0. The minimum Gasteiger partial charge on any atom is -0.493 e. The highest BCUT2D eigenvalue weighted by molar-refractivity contribution is 5.95. The lowest BCUT2D eigenvalue weighted by Crippen LogP contribution is -2.19. The number of hydrogen-bond acceptors (Lipinski definition) is 7. The summed E-state index contributed by atoms with van der Waals surface area (Å²) in [6.45, 7) is 0.175. The zero-order chi connectivity index (χ0) is 23.8. The zero-order valence-electron chi connectivity index (χ0n) is 17.3. The van der Waals surface area contributed by atoms with Crippen LogP contribution < -0.4 is 14.9 Å². The molecule has 3 aromatic rings. The Morgan fingerprint density at radius 1 is 1.18 bits per heavy atom. The average Bonchev–Trinajstić information content (AvgIpc) is 2.83. The van der Waals surface area contributed by atoms with E-state index in [0.29, 0.717) is 17.1 Å². The number of ether oxygens (including phenoxy) is 2. The maximum Gasteiger partial charge on any atom is 0.274 e. The van der Waals surface area contributed by atoms with Gasteiger partial charge in [-0.3, -0.25) is 14.9 Å². The molecule has 0 aliphatic rings. The molecule has 0 unspecified atom stereocenters. The smallest absolute Gasteiger partial charge is 0.274 e. The zero-order valence-corrected chi connectivity index (χ0v) is 17.3. The number of nitrogens with zero attached hydrogens (tertiary/aromatic N) is 3. The maximum absolute atomic E-state index is 13.9. The van der Waals surface area contributed by atoms with Crippen molar-refractivity contribution in [2.75, 3.05) is 7.11 Å². The number of halogens is 1. The number of benzene rings is 3. The number of nitrogens with one attached hydrogen (secondary N) is 1. The van der Waals surface area contributed by atoms with Crippen LogP contribution in [0.5, 0.6) is 11.5 Å². The van der Waals surface area contributed by atoms with Gasteiger partial charge in [-0.2, -0.15) is 10.4 Å².